The third-order valence-corrected chi connectivity index (χ3v) is 4.05. The third-order valence-electron chi connectivity index (χ3n) is 4.05. The van der Waals surface area contributed by atoms with E-state index in [0.29, 0.717) is 16.8 Å². The lowest BCUT2D eigenvalue weighted by molar-refractivity contribution is -0.133. The quantitative estimate of drug-likeness (QED) is 0.843. The van der Waals surface area contributed by atoms with Crippen LogP contribution in [0.1, 0.15) is 19.8 Å². The van der Waals surface area contributed by atoms with Crippen LogP contribution in [0.25, 0.3) is 10.9 Å². The Bertz CT molecular complexity index is 723. The van der Waals surface area contributed by atoms with Gasteiger partial charge in [-0.15, -0.1) is 0 Å². The highest BCUT2D eigenvalue weighted by Crippen LogP contribution is 2.15. The van der Waals surface area contributed by atoms with E-state index < -0.39 is 0 Å². The molecule has 1 atom stereocenters. The molecule has 21 heavy (non-hydrogen) atoms. The van der Waals surface area contributed by atoms with E-state index in [0.717, 1.165) is 19.5 Å². The molecule has 110 valence electrons. The van der Waals surface area contributed by atoms with E-state index in [1.54, 1.807) is 12.1 Å². The maximum atomic E-state index is 12.4. The average molecular weight is 285 g/mol. The van der Waals surface area contributed by atoms with Crippen LogP contribution in [0.3, 0.4) is 0 Å². The monoisotopic (exact) mass is 285 g/mol. The summed E-state index contributed by atoms with van der Waals surface area (Å²) in [7, 11) is 0. The van der Waals surface area contributed by atoms with Gasteiger partial charge in [-0.25, -0.2) is 4.98 Å². The fourth-order valence-corrected chi connectivity index (χ4v) is 2.88. The number of benzene rings is 1. The molecule has 1 amide bonds. The molecule has 0 radical (unpaired) electrons. The number of carbonyl (C=O) groups is 1. The number of para-hydroxylation sites is 1. The van der Waals surface area contributed by atoms with E-state index in [9.17, 15) is 9.59 Å². The summed E-state index contributed by atoms with van der Waals surface area (Å²) in [4.78, 5) is 30.8. The minimum atomic E-state index is -0.154. The van der Waals surface area contributed by atoms with Crippen molar-refractivity contribution in [3.8, 4) is 0 Å². The lowest BCUT2D eigenvalue weighted by Crippen LogP contribution is -2.42. The second-order valence-electron chi connectivity index (χ2n) is 5.78. The summed E-state index contributed by atoms with van der Waals surface area (Å²) < 4.78 is 1.41. The second kappa shape index (κ2) is 5.68. The van der Waals surface area contributed by atoms with Crippen LogP contribution in [0.5, 0.6) is 0 Å². The summed E-state index contributed by atoms with van der Waals surface area (Å²) in [6.07, 6.45) is 3.68. The van der Waals surface area contributed by atoms with Gasteiger partial charge < -0.3 is 4.90 Å². The van der Waals surface area contributed by atoms with Crippen LogP contribution in [0.2, 0.25) is 0 Å². The summed E-state index contributed by atoms with van der Waals surface area (Å²) in [5.74, 6) is 0.537. The fourth-order valence-electron chi connectivity index (χ4n) is 2.88. The van der Waals surface area contributed by atoms with Crippen molar-refractivity contribution in [2.75, 3.05) is 13.1 Å². The van der Waals surface area contributed by atoms with Crippen molar-refractivity contribution in [3.63, 3.8) is 0 Å². The summed E-state index contributed by atoms with van der Waals surface area (Å²) in [5.41, 5.74) is 0.511. The van der Waals surface area contributed by atoms with Crippen LogP contribution in [0.15, 0.2) is 35.4 Å². The van der Waals surface area contributed by atoms with Crippen LogP contribution in [0, 0.1) is 5.92 Å². The Balaban J connectivity index is 1.83. The number of piperidine rings is 1. The summed E-state index contributed by atoms with van der Waals surface area (Å²) in [5, 5.41) is 0.555. The Labute approximate surface area is 123 Å². The average Bonchev–Trinajstić information content (AvgIpc) is 2.50. The SMILES string of the molecule is C[C@@H]1CCCN(C(=O)Cn2cnc3ccccc3c2=O)C1. The van der Waals surface area contributed by atoms with Gasteiger partial charge in [0.15, 0.2) is 0 Å². The van der Waals surface area contributed by atoms with Gasteiger partial charge in [-0.3, -0.25) is 14.2 Å². The largest absolute Gasteiger partial charge is 0.341 e. The van der Waals surface area contributed by atoms with Crippen molar-refractivity contribution in [1.82, 2.24) is 14.5 Å². The molecular formula is C16H19N3O2. The number of aromatic nitrogens is 2. The number of hydrogen-bond donors (Lipinski definition) is 0. The van der Waals surface area contributed by atoms with Gasteiger partial charge in [0.25, 0.3) is 5.56 Å². The molecule has 5 nitrogen and oxygen atoms in total. The molecule has 2 heterocycles. The topological polar surface area (TPSA) is 55.2 Å². The van der Waals surface area contributed by atoms with Gasteiger partial charge in [0, 0.05) is 13.1 Å². The van der Waals surface area contributed by atoms with Gasteiger partial charge in [-0.2, -0.15) is 0 Å². The lowest BCUT2D eigenvalue weighted by atomic mass is 10.0. The van der Waals surface area contributed by atoms with Crippen LogP contribution in [0.4, 0.5) is 0 Å². The first-order valence-electron chi connectivity index (χ1n) is 7.37. The predicted octanol–water partition coefficient (Wildman–Crippen LogP) is 1.66. The van der Waals surface area contributed by atoms with Gasteiger partial charge in [-0.05, 0) is 30.9 Å². The van der Waals surface area contributed by atoms with Gasteiger partial charge >= 0.3 is 0 Å². The number of hydrogen-bond acceptors (Lipinski definition) is 3. The van der Waals surface area contributed by atoms with Gasteiger partial charge in [-0.1, -0.05) is 19.1 Å². The Kier molecular flexibility index (Phi) is 3.73. The Morgan fingerprint density at radius 2 is 2.19 bits per heavy atom. The van der Waals surface area contributed by atoms with E-state index in [4.69, 9.17) is 0 Å². The molecule has 2 aromatic rings. The molecule has 5 heteroatoms. The highest BCUT2D eigenvalue weighted by molar-refractivity contribution is 5.79. The highest BCUT2D eigenvalue weighted by Gasteiger charge is 2.21. The molecule has 1 fully saturated rings. The second-order valence-corrected chi connectivity index (χ2v) is 5.78. The van der Waals surface area contributed by atoms with Gasteiger partial charge in [0.1, 0.15) is 6.54 Å². The van der Waals surface area contributed by atoms with E-state index >= 15 is 0 Å². The zero-order chi connectivity index (χ0) is 14.8. The normalized spacial score (nSPS) is 18.9. The molecule has 0 bridgehead atoms. The zero-order valence-corrected chi connectivity index (χ0v) is 12.2. The first-order valence-corrected chi connectivity index (χ1v) is 7.37. The number of rotatable bonds is 2. The smallest absolute Gasteiger partial charge is 0.261 e. The van der Waals surface area contributed by atoms with Crippen molar-refractivity contribution in [1.29, 1.82) is 0 Å². The summed E-state index contributed by atoms with van der Waals surface area (Å²) >= 11 is 0. The molecule has 1 aromatic carbocycles. The molecule has 0 unspecified atom stereocenters. The van der Waals surface area contributed by atoms with Crippen LogP contribution in [-0.2, 0) is 11.3 Å². The molecule has 1 aliphatic heterocycles. The molecule has 0 spiro atoms. The maximum Gasteiger partial charge on any atom is 0.261 e. The van der Waals surface area contributed by atoms with Crippen molar-refractivity contribution in [2.45, 2.75) is 26.3 Å². The minimum absolute atomic E-state index is 0.000677. The number of likely N-dealkylation sites (tertiary alicyclic amines) is 1. The van der Waals surface area contributed by atoms with E-state index in [1.165, 1.54) is 17.3 Å². The van der Waals surface area contributed by atoms with Crippen molar-refractivity contribution in [2.24, 2.45) is 5.92 Å². The summed E-state index contributed by atoms with van der Waals surface area (Å²) in [6.45, 7) is 3.81. The Hall–Kier alpha value is -2.17. The molecule has 3 rings (SSSR count). The van der Waals surface area contributed by atoms with Crippen LogP contribution in [-0.4, -0.2) is 33.4 Å². The molecule has 0 N–H and O–H groups in total. The van der Waals surface area contributed by atoms with Crippen molar-refractivity contribution in [3.05, 3.63) is 40.9 Å². The fraction of sp³-hybridized carbons (Fsp3) is 0.438. The third kappa shape index (κ3) is 2.82. The molecule has 0 aliphatic carbocycles. The lowest BCUT2D eigenvalue weighted by Gasteiger charge is -2.31. The number of fused-ring (bicyclic) bond motifs is 1. The van der Waals surface area contributed by atoms with E-state index in [1.807, 2.05) is 17.0 Å². The van der Waals surface area contributed by atoms with Crippen LogP contribution < -0.4 is 5.56 Å². The minimum Gasteiger partial charge on any atom is -0.341 e. The van der Waals surface area contributed by atoms with E-state index in [-0.39, 0.29) is 18.0 Å². The van der Waals surface area contributed by atoms with Crippen molar-refractivity contribution < 1.29 is 4.79 Å². The Morgan fingerprint density at radius 3 is 3.00 bits per heavy atom. The summed E-state index contributed by atoms with van der Waals surface area (Å²) in [6, 6.07) is 7.20. The highest BCUT2D eigenvalue weighted by atomic mass is 16.2. The number of nitrogens with zero attached hydrogens (tertiary/aromatic N) is 3. The standard InChI is InChI=1S/C16H19N3O2/c1-12-5-4-8-18(9-12)15(20)10-19-11-17-14-7-3-2-6-13(14)16(19)21/h2-3,6-7,11-12H,4-5,8-10H2,1H3/t12-/m1/s1. The predicted molar refractivity (Wildman–Crippen MR) is 81.0 cm³/mol. The molecule has 1 aromatic heterocycles. The maximum absolute atomic E-state index is 12.4. The number of amides is 1. The Morgan fingerprint density at radius 1 is 1.38 bits per heavy atom. The molecule has 1 aliphatic rings. The molecule has 1 saturated heterocycles. The molecule has 0 saturated carbocycles. The van der Waals surface area contributed by atoms with Gasteiger partial charge in [0.05, 0.1) is 17.2 Å². The first kappa shape index (κ1) is 13.8. The number of carbonyl (C=O) groups excluding carboxylic acids is 1. The van der Waals surface area contributed by atoms with Gasteiger partial charge in [0.2, 0.25) is 5.91 Å². The first-order chi connectivity index (χ1) is 10.1. The molecular weight excluding hydrogens is 266 g/mol. The van der Waals surface area contributed by atoms with Crippen LogP contribution >= 0.6 is 0 Å². The zero-order valence-electron chi connectivity index (χ0n) is 12.2. The van der Waals surface area contributed by atoms with Crippen molar-refractivity contribution >= 4 is 16.8 Å². The van der Waals surface area contributed by atoms with E-state index in [2.05, 4.69) is 11.9 Å².